The van der Waals surface area contributed by atoms with Crippen LogP contribution in [0.3, 0.4) is 0 Å². The minimum atomic E-state index is 0.173. The van der Waals surface area contributed by atoms with Gasteiger partial charge in [-0.05, 0) is 24.5 Å². The molecule has 1 aromatic heterocycles. The van der Waals surface area contributed by atoms with Crippen LogP contribution in [0.5, 0.6) is 0 Å². The summed E-state index contributed by atoms with van der Waals surface area (Å²) in [5.74, 6) is 0.799. The van der Waals surface area contributed by atoms with Gasteiger partial charge in [0.1, 0.15) is 0 Å². The number of aryl methyl sites for hydroxylation is 1. The van der Waals surface area contributed by atoms with Crippen molar-refractivity contribution < 1.29 is 4.79 Å². The summed E-state index contributed by atoms with van der Waals surface area (Å²) in [6.07, 6.45) is 3.13. The van der Waals surface area contributed by atoms with Gasteiger partial charge in [0.05, 0.1) is 11.1 Å². The number of carbonyl (C=O) groups excluding carboxylic acids is 1. The Morgan fingerprint density at radius 1 is 1.33 bits per heavy atom. The normalized spacial score (nSPS) is 19.7. The number of benzene rings is 1. The maximum atomic E-state index is 12.6. The van der Waals surface area contributed by atoms with E-state index < -0.39 is 0 Å². The van der Waals surface area contributed by atoms with Gasteiger partial charge in [-0.1, -0.05) is 19.1 Å². The van der Waals surface area contributed by atoms with E-state index in [1.54, 1.807) is 0 Å². The molecule has 1 aliphatic rings. The SMILES string of the molecule is C[C@H]1CCN(C(=O)c2cccc3ccn(C)c23)C1. The summed E-state index contributed by atoms with van der Waals surface area (Å²) in [5.41, 5.74) is 1.87. The second-order valence-corrected chi connectivity index (χ2v) is 5.32. The van der Waals surface area contributed by atoms with E-state index in [2.05, 4.69) is 19.1 Å². The third kappa shape index (κ3) is 1.70. The molecule has 18 heavy (non-hydrogen) atoms. The average molecular weight is 242 g/mol. The summed E-state index contributed by atoms with van der Waals surface area (Å²) in [5, 5.41) is 1.13. The number of aromatic nitrogens is 1. The molecule has 2 aromatic rings. The third-order valence-electron chi connectivity index (χ3n) is 3.84. The zero-order valence-corrected chi connectivity index (χ0v) is 10.9. The van der Waals surface area contributed by atoms with Crippen molar-refractivity contribution in [3.05, 3.63) is 36.0 Å². The van der Waals surface area contributed by atoms with E-state index >= 15 is 0 Å². The van der Waals surface area contributed by atoms with Gasteiger partial charge in [0.25, 0.3) is 5.91 Å². The quantitative estimate of drug-likeness (QED) is 0.754. The molecule has 94 valence electrons. The van der Waals surface area contributed by atoms with Gasteiger partial charge in [0.15, 0.2) is 0 Å². The highest BCUT2D eigenvalue weighted by atomic mass is 16.2. The standard InChI is InChI=1S/C15H18N2O/c1-11-6-9-17(10-11)15(18)13-5-3-4-12-7-8-16(2)14(12)13/h3-5,7-8,11H,6,9-10H2,1-2H3/t11-/m0/s1. The highest BCUT2D eigenvalue weighted by Gasteiger charge is 2.25. The van der Waals surface area contributed by atoms with Crippen LogP contribution in [0.15, 0.2) is 30.5 Å². The van der Waals surface area contributed by atoms with Gasteiger partial charge in [-0.25, -0.2) is 0 Å². The molecule has 1 aromatic carbocycles. The van der Waals surface area contributed by atoms with Gasteiger partial charge >= 0.3 is 0 Å². The van der Waals surface area contributed by atoms with Crippen molar-refractivity contribution in [3.8, 4) is 0 Å². The number of hydrogen-bond donors (Lipinski definition) is 0. The topological polar surface area (TPSA) is 25.2 Å². The molecule has 1 atom stereocenters. The molecule has 0 radical (unpaired) electrons. The zero-order chi connectivity index (χ0) is 12.7. The molecule has 1 fully saturated rings. The lowest BCUT2D eigenvalue weighted by Gasteiger charge is -2.17. The molecule has 0 aliphatic carbocycles. The summed E-state index contributed by atoms with van der Waals surface area (Å²) in [7, 11) is 1.99. The fraction of sp³-hybridized carbons (Fsp3) is 0.400. The molecular formula is C15H18N2O. The molecule has 1 amide bonds. The molecule has 0 N–H and O–H groups in total. The number of likely N-dealkylation sites (tertiary alicyclic amines) is 1. The molecule has 3 rings (SSSR count). The monoisotopic (exact) mass is 242 g/mol. The largest absolute Gasteiger partial charge is 0.350 e. The van der Waals surface area contributed by atoms with Crippen LogP contribution in [0.2, 0.25) is 0 Å². The van der Waals surface area contributed by atoms with Crippen LogP contribution in [0.1, 0.15) is 23.7 Å². The zero-order valence-electron chi connectivity index (χ0n) is 10.9. The Morgan fingerprint density at radius 3 is 2.89 bits per heavy atom. The fourth-order valence-electron chi connectivity index (χ4n) is 2.82. The lowest BCUT2D eigenvalue weighted by atomic mass is 10.1. The Labute approximate surface area is 107 Å². The van der Waals surface area contributed by atoms with E-state index in [1.165, 1.54) is 0 Å². The molecule has 0 unspecified atom stereocenters. The average Bonchev–Trinajstić information content (AvgIpc) is 2.96. The Morgan fingerprint density at radius 2 is 2.17 bits per heavy atom. The number of carbonyl (C=O) groups is 1. The van der Waals surface area contributed by atoms with Crippen LogP contribution < -0.4 is 0 Å². The first-order chi connectivity index (χ1) is 8.66. The van der Waals surface area contributed by atoms with Gasteiger partial charge in [0.2, 0.25) is 0 Å². The Bertz CT molecular complexity index is 600. The summed E-state index contributed by atoms with van der Waals surface area (Å²) in [6, 6.07) is 8.01. The van der Waals surface area contributed by atoms with Crippen molar-refractivity contribution in [2.24, 2.45) is 13.0 Å². The molecule has 0 bridgehead atoms. The summed E-state index contributed by atoms with van der Waals surface area (Å²) >= 11 is 0. The summed E-state index contributed by atoms with van der Waals surface area (Å²) in [4.78, 5) is 14.5. The molecular weight excluding hydrogens is 224 g/mol. The van der Waals surface area contributed by atoms with E-state index in [0.717, 1.165) is 36.0 Å². The minimum absolute atomic E-state index is 0.173. The molecule has 1 aliphatic heterocycles. The van der Waals surface area contributed by atoms with Crippen molar-refractivity contribution in [3.63, 3.8) is 0 Å². The Hall–Kier alpha value is -1.77. The van der Waals surface area contributed by atoms with Crippen LogP contribution in [-0.4, -0.2) is 28.5 Å². The van der Waals surface area contributed by atoms with Crippen molar-refractivity contribution in [2.75, 3.05) is 13.1 Å². The number of para-hydroxylation sites is 1. The second-order valence-electron chi connectivity index (χ2n) is 5.32. The van der Waals surface area contributed by atoms with Crippen LogP contribution >= 0.6 is 0 Å². The third-order valence-corrected chi connectivity index (χ3v) is 3.84. The first-order valence-electron chi connectivity index (χ1n) is 6.50. The Balaban J connectivity index is 2.03. The van der Waals surface area contributed by atoms with Crippen molar-refractivity contribution in [1.29, 1.82) is 0 Å². The van der Waals surface area contributed by atoms with E-state index in [-0.39, 0.29) is 5.91 Å². The highest BCUT2D eigenvalue weighted by molar-refractivity contribution is 6.06. The first kappa shape index (κ1) is 11.3. The first-order valence-corrected chi connectivity index (χ1v) is 6.50. The summed E-state index contributed by atoms with van der Waals surface area (Å²) in [6.45, 7) is 3.98. The van der Waals surface area contributed by atoms with Gasteiger partial charge in [-0.2, -0.15) is 0 Å². The highest BCUT2D eigenvalue weighted by Crippen LogP contribution is 2.23. The number of rotatable bonds is 1. The fourth-order valence-corrected chi connectivity index (χ4v) is 2.82. The van der Waals surface area contributed by atoms with Crippen LogP contribution in [0.4, 0.5) is 0 Å². The van der Waals surface area contributed by atoms with Crippen LogP contribution in [-0.2, 0) is 7.05 Å². The predicted octanol–water partition coefficient (Wildman–Crippen LogP) is 2.66. The Kier molecular flexibility index (Phi) is 2.62. The number of nitrogens with zero attached hydrogens (tertiary/aromatic N) is 2. The molecule has 3 heteroatoms. The lowest BCUT2D eigenvalue weighted by Crippen LogP contribution is -2.28. The van der Waals surface area contributed by atoms with Crippen molar-refractivity contribution >= 4 is 16.8 Å². The summed E-state index contributed by atoms with van der Waals surface area (Å²) < 4.78 is 2.03. The van der Waals surface area contributed by atoms with E-state index in [1.807, 2.05) is 34.8 Å². The van der Waals surface area contributed by atoms with Gasteiger partial charge in [-0.15, -0.1) is 0 Å². The maximum absolute atomic E-state index is 12.6. The minimum Gasteiger partial charge on any atom is -0.350 e. The number of amides is 1. The predicted molar refractivity (Wildman–Crippen MR) is 72.6 cm³/mol. The van der Waals surface area contributed by atoms with Crippen LogP contribution in [0, 0.1) is 5.92 Å². The molecule has 0 saturated carbocycles. The van der Waals surface area contributed by atoms with E-state index in [9.17, 15) is 4.79 Å². The van der Waals surface area contributed by atoms with Gasteiger partial charge < -0.3 is 9.47 Å². The van der Waals surface area contributed by atoms with Gasteiger partial charge in [-0.3, -0.25) is 4.79 Å². The second kappa shape index (κ2) is 4.16. The molecule has 2 heterocycles. The molecule has 3 nitrogen and oxygen atoms in total. The number of hydrogen-bond acceptors (Lipinski definition) is 1. The smallest absolute Gasteiger partial charge is 0.256 e. The van der Waals surface area contributed by atoms with E-state index in [0.29, 0.717) is 5.92 Å². The maximum Gasteiger partial charge on any atom is 0.256 e. The number of fused-ring (bicyclic) bond motifs is 1. The lowest BCUT2D eigenvalue weighted by molar-refractivity contribution is 0.0789. The van der Waals surface area contributed by atoms with Crippen LogP contribution in [0.25, 0.3) is 10.9 Å². The molecule has 0 spiro atoms. The van der Waals surface area contributed by atoms with Gasteiger partial charge in [0, 0.05) is 31.7 Å². The van der Waals surface area contributed by atoms with Crippen molar-refractivity contribution in [2.45, 2.75) is 13.3 Å². The molecule has 1 saturated heterocycles. The van der Waals surface area contributed by atoms with Crippen molar-refractivity contribution in [1.82, 2.24) is 9.47 Å². The van der Waals surface area contributed by atoms with E-state index in [4.69, 9.17) is 0 Å².